The van der Waals surface area contributed by atoms with Crippen LogP contribution in [0.1, 0.15) is 32.8 Å². The zero-order valence-corrected chi connectivity index (χ0v) is 9.86. The van der Waals surface area contributed by atoms with Crippen molar-refractivity contribution in [2.45, 2.75) is 33.6 Å². The van der Waals surface area contributed by atoms with Crippen molar-refractivity contribution in [3.8, 4) is 0 Å². The highest BCUT2D eigenvalue weighted by Gasteiger charge is 2.24. The molecule has 0 fully saturated rings. The summed E-state index contributed by atoms with van der Waals surface area (Å²) >= 11 is 0. The maximum absolute atomic E-state index is 11.2. The Morgan fingerprint density at radius 3 is 2.33 bits per heavy atom. The number of aldehydes is 1. The SMILES string of the molecule is CC(C)CC(C)(C=O)Cc1ccccc1. The highest BCUT2D eigenvalue weighted by atomic mass is 16.1. The fraction of sp³-hybridized carbons (Fsp3) is 0.500. The van der Waals surface area contributed by atoms with Crippen molar-refractivity contribution < 1.29 is 4.79 Å². The van der Waals surface area contributed by atoms with Gasteiger partial charge in [0, 0.05) is 5.41 Å². The Morgan fingerprint density at radius 2 is 1.87 bits per heavy atom. The lowest BCUT2D eigenvalue weighted by Crippen LogP contribution is -2.23. The maximum Gasteiger partial charge on any atom is 0.126 e. The zero-order chi connectivity index (χ0) is 11.3. The fourth-order valence-corrected chi connectivity index (χ4v) is 2.16. The quantitative estimate of drug-likeness (QED) is 0.671. The van der Waals surface area contributed by atoms with E-state index in [0.717, 1.165) is 19.1 Å². The number of hydrogen-bond donors (Lipinski definition) is 0. The number of benzene rings is 1. The van der Waals surface area contributed by atoms with E-state index in [4.69, 9.17) is 0 Å². The molecule has 1 rings (SSSR count). The molecule has 1 atom stereocenters. The van der Waals surface area contributed by atoms with Crippen molar-refractivity contribution in [1.29, 1.82) is 0 Å². The summed E-state index contributed by atoms with van der Waals surface area (Å²) in [7, 11) is 0. The Bertz CT molecular complexity index is 302. The van der Waals surface area contributed by atoms with Crippen LogP contribution < -0.4 is 0 Å². The third-order valence-electron chi connectivity index (χ3n) is 2.61. The molecule has 0 N–H and O–H groups in total. The summed E-state index contributed by atoms with van der Waals surface area (Å²) in [5, 5.41) is 0. The van der Waals surface area contributed by atoms with Crippen molar-refractivity contribution in [3.63, 3.8) is 0 Å². The second kappa shape index (κ2) is 5.11. The summed E-state index contributed by atoms with van der Waals surface area (Å²) in [4.78, 5) is 11.2. The predicted molar refractivity (Wildman–Crippen MR) is 63.8 cm³/mol. The molecule has 0 aliphatic rings. The van der Waals surface area contributed by atoms with Gasteiger partial charge in [0.15, 0.2) is 0 Å². The molecule has 0 saturated carbocycles. The van der Waals surface area contributed by atoms with Crippen LogP contribution in [0.15, 0.2) is 30.3 Å². The molecule has 0 aromatic heterocycles. The highest BCUT2D eigenvalue weighted by molar-refractivity contribution is 5.59. The van der Waals surface area contributed by atoms with E-state index in [1.807, 2.05) is 25.1 Å². The van der Waals surface area contributed by atoms with Gasteiger partial charge in [-0.3, -0.25) is 0 Å². The minimum atomic E-state index is -0.213. The topological polar surface area (TPSA) is 17.1 Å². The Morgan fingerprint density at radius 1 is 1.27 bits per heavy atom. The summed E-state index contributed by atoms with van der Waals surface area (Å²) in [6.45, 7) is 6.37. The zero-order valence-electron chi connectivity index (χ0n) is 9.86. The lowest BCUT2D eigenvalue weighted by atomic mass is 9.78. The molecule has 0 radical (unpaired) electrons. The molecule has 1 nitrogen and oxygen atoms in total. The lowest BCUT2D eigenvalue weighted by molar-refractivity contribution is -0.116. The van der Waals surface area contributed by atoms with E-state index in [9.17, 15) is 4.79 Å². The van der Waals surface area contributed by atoms with E-state index < -0.39 is 0 Å². The van der Waals surface area contributed by atoms with E-state index >= 15 is 0 Å². The summed E-state index contributed by atoms with van der Waals surface area (Å²) in [6.07, 6.45) is 2.90. The van der Waals surface area contributed by atoms with Gasteiger partial charge < -0.3 is 4.79 Å². The van der Waals surface area contributed by atoms with Crippen LogP contribution in [0.2, 0.25) is 0 Å². The molecular formula is C14H20O. The molecule has 0 saturated heterocycles. The van der Waals surface area contributed by atoms with E-state index in [1.54, 1.807) is 0 Å². The van der Waals surface area contributed by atoms with Crippen LogP contribution in [-0.2, 0) is 11.2 Å². The van der Waals surface area contributed by atoms with Gasteiger partial charge in [0.1, 0.15) is 6.29 Å². The van der Waals surface area contributed by atoms with Gasteiger partial charge in [-0.15, -0.1) is 0 Å². The van der Waals surface area contributed by atoms with Gasteiger partial charge >= 0.3 is 0 Å². The van der Waals surface area contributed by atoms with Crippen LogP contribution in [0.25, 0.3) is 0 Å². The molecule has 0 heterocycles. The van der Waals surface area contributed by atoms with Crippen molar-refractivity contribution in [2.24, 2.45) is 11.3 Å². The van der Waals surface area contributed by atoms with Crippen LogP contribution in [0.5, 0.6) is 0 Å². The smallest absolute Gasteiger partial charge is 0.126 e. The van der Waals surface area contributed by atoms with Crippen LogP contribution in [0.3, 0.4) is 0 Å². The van der Waals surface area contributed by atoms with E-state index in [0.29, 0.717) is 5.92 Å². The summed E-state index contributed by atoms with van der Waals surface area (Å²) in [5.41, 5.74) is 1.03. The van der Waals surface area contributed by atoms with Crippen LogP contribution >= 0.6 is 0 Å². The molecule has 1 aromatic carbocycles. The average Bonchev–Trinajstić information content (AvgIpc) is 2.18. The Labute approximate surface area is 92.5 Å². The molecular weight excluding hydrogens is 184 g/mol. The highest BCUT2D eigenvalue weighted by Crippen LogP contribution is 2.27. The number of rotatable bonds is 5. The molecule has 0 amide bonds. The second-order valence-electron chi connectivity index (χ2n) is 5.03. The Kier molecular flexibility index (Phi) is 4.07. The van der Waals surface area contributed by atoms with Gasteiger partial charge in [-0.1, -0.05) is 51.1 Å². The molecule has 1 unspecified atom stereocenters. The van der Waals surface area contributed by atoms with Gasteiger partial charge in [-0.25, -0.2) is 0 Å². The monoisotopic (exact) mass is 204 g/mol. The molecule has 0 aliphatic carbocycles. The van der Waals surface area contributed by atoms with Crippen molar-refractivity contribution in [2.75, 3.05) is 0 Å². The van der Waals surface area contributed by atoms with Gasteiger partial charge in [0.25, 0.3) is 0 Å². The van der Waals surface area contributed by atoms with Gasteiger partial charge in [-0.05, 0) is 24.3 Å². The van der Waals surface area contributed by atoms with Crippen LogP contribution in [0, 0.1) is 11.3 Å². The molecule has 15 heavy (non-hydrogen) atoms. The largest absolute Gasteiger partial charge is 0.303 e. The Hall–Kier alpha value is -1.11. The molecule has 0 aliphatic heterocycles. The number of carbonyl (C=O) groups is 1. The first kappa shape index (κ1) is 12.0. The summed E-state index contributed by atoms with van der Waals surface area (Å²) in [6, 6.07) is 10.2. The first-order valence-electron chi connectivity index (χ1n) is 5.56. The normalized spacial score (nSPS) is 14.9. The number of carbonyl (C=O) groups excluding carboxylic acids is 1. The van der Waals surface area contributed by atoms with E-state index in [-0.39, 0.29) is 5.41 Å². The lowest BCUT2D eigenvalue weighted by Gasteiger charge is -2.25. The molecule has 82 valence electrons. The Balaban J connectivity index is 2.72. The predicted octanol–water partition coefficient (Wildman–Crippen LogP) is 3.48. The van der Waals surface area contributed by atoms with Crippen molar-refractivity contribution in [3.05, 3.63) is 35.9 Å². The number of hydrogen-bond acceptors (Lipinski definition) is 1. The molecule has 0 bridgehead atoms. The average molecular weight is 204 g/mol. The molecule has 1 heteroatoms. The minimum Gasteiger partial charge on any atom is -0.303 e. The van der Waals surface area contributed by atoms with Crippen molar-refractivity contribution in [1.82, 2.24) is 0 Å². The first-order valence-corrected chi connectivity index (χ1v) is 5.56. The second-order valence-corrected chi connectivity index (χ2v) is 5.03. The van der Waals surface area contributed by atoms with Gasteiger partial charge in [0.05, 0.1) is 0 Å². The third kappa shape index (κ3) is 3.86. The van der Waals surface area contributed by atoms with Crippen LogP contribution in [-0.4, -0.2) is 6.29 Å². The van der Waals surface area contributed by atoms with Gasteiger partial charge in [-0.2, -0.15) is 0 Å². The van der Waals surface area contributed by atoms with Crippen LogP contribution in [0.4, 0.5) is 0 Å². The fourth-order valence-electron chi connectivity index (χ4n) is 2.16. The van der Waals surface area contributed by atoms with Crippen molar-refractivity contribution >= 4 is 6.29 Å². The maximum atomic E-state index is 11.2. The first-order chi connectivity index (χ1) is 7.06. The standard InChI is InChI=1S/C14H20O/c1-12(2)9-14(3,11-15)10-13-7-5-4-6-8-13/h4-8,11-12H,9-10H2,1-3H3. The van der Waals surface area contributed by atoms with E-state index in [1.165, 1.54) is 5.56 Å². The van der Waals surface area contributed by atoms with E-state index in [2.05, 4.69) is 26.0 Å². The summed E-state index contributed by atoms with van der Waals surface area (Å²) < 4.78 is 0. The molecule has 0 spiro atoms. The summed E-state index contributed by atoms with van der Waals surface area (Å²) in [5.74, 6) is 0.559. The third-order valence-corrected chi connectivity index (χ3v) is 2.61. The minimum absolute atomic E-state index is 0.213. The van der Waals surface area contributed by atoms with Gasteiger partial charge in [0.2, 0.25) is 0 Å². The molecule has 1 aromatic rings.